The summed E-state index contributed by atoms with van der Waals surface area (Å²) in [5, 5.41) is 2.06. The van der Waals surface area contributed by atoms with Crippen molar-refractivity contribution in [2.24, 2.45) is 11.7 Å². The van der Waals surface area contributed by atoms with Gasteiger partial charge in [0.15, 0.2) is 0 Å². The van der Waals surface area contributed by atoms with Gasteiger partial charge in [0.1, 0.15) is 0 Å². The summed E-state index contributed by atoms with van der Waals surface area (Å²) in [7, 11) is 1.41. The maximum atomic E-state index is 11.5. The fourth-order valence-corrected chi connectivity index (χ4v) is 3.13. The molecule has 1 aliphatic rings. The molecule has 16 heavy (non-hydrogen) atoms. The van der Waals surface area contributed by atoms with Crippen molar-refractivity contribution in [3.05, 3.63) is 22.4 Å². The van der Waals surface area contributed by atoms with Crippen LogP contribution in [0.3, 0.4) is 0 Å². The fourth-order valence-electron chi connectivity index (χ4n) is 2.21. The van der Waals surface area contributed by atoms with E-state index in [1.165, 1.54) is 12.0 Å². The van der Waals surface area contributed by atoms with Crippen LogP contribution in [0, 0.1) is 5.92 Å². The standard InChI is InChI=1S/C11H16N2O2S/c1-15-11(14)13-6-8(5-12)9(7-13)10-3-2-4-16-10/h2-4,8-9H,5-7,12H2,1H3. The van der Waals surface area contributed by atoms with E-state index in [9.17, 15) is 4.79 Å². The van der Waals surface area contributed by atoms with E-state index >= 15 is 0 Å². The Morgan fingerprint density at radius 1 is 1.69 bits per heavy atom. The van der Waals surface area contributed by atoms with Crippen LogP contribution in [0.25, 0.3) is 0 Å². The molecule has 0 aromatic carbocycles. The van der Waals surface area contributed by atoms with E-state index < -0.39 is 0 Å². The van der Waals surface area contributed by atoms with Crippen LogP contribution in [0.1, 0.15) is 10.8 Å². The Morgan fingerprint density at radius 2 is 2.50 bits per heavy atom. The number of rotatable bonds is 2. The highest BCUT2D eigenvalue weighted by atomic mass is 32.1. The first kappa shape index (κ1) is 11.4. The lowest BCUT2D eigenvalue weighted by atomic mass is 9.95. The quantitative estimate of drug-likeness (QED) is 0.852. The number of hydrogen-bond acceptors (Lipinski definition) is 4. The molecule has 1 aliphatic heterocycles. The van der Waals surface area contributed by atoms with Gasteiger partial charge in [-0.3, -0.25) is 0 Å². The second-order valence-electron chi connectivity index (χ2n) is 3.99. The Morgan fingerprint density at radius 3 is 3.06 bits per heavy atom. The normalized spacial score (nSPS) is 24.8. The lowest BCUT2D eigenvalue weighted by Crippen LogP contribution is -2.29. The van der Waals surface area contributed by atoms with Gasteiger partial charge >= 0.3 is 6.09 Å². The molecule has 88 valence electrons. The van der Waals surface area contributed by atoms with Crippen LogP contribution in [-0.2, 0) is 4.74 Å². The monoisotopic (exact) mass is 240 g/mol. The summed E-state index contributed by atoms with van der Waals surface area (Å²) in [6.45, 7) is 2.02. The van der Waals surface area contributed by atoms with Crippen molar-refractivity contribution < 1.29 is 9.53 Å². The second-order valence-corrected chi connectivity index (χ2v) is 4.97. The summed E-state index contributed by atoms with van der Waals surface area (Å²) in [5.41, 5.74) is 5.76. The molecule has 1 amide bonds. The lowest BCUT2D eigenvalue weighted by Gasteiger charge is -2.13. The van der Waals surface area contributed by atoms with Crippen molar-refractivity contribution in [1.29, 1.82) is 0 Å². The molecule has 2 rings (SSSR count). The van der Waals surface area contributed by atoms with Crippen molar-refractivity contribution in [3.8, 4) is 0 Å². The second kappa shape index (κ2) is 4.84. The minimum absolute atomic E-state index is 0.252. The van der Waals surface area contributed by atoms with Gasteiger partial charge in [-0.2, -0.15) is 0 Å². The molecular formula is C11H16N2O2S. The van der Waals surface area contributed by atoms with E-state index in [0.717, 1.165) is 6.54 Å². The number of carbonyl (C=O) groups excluding carboxylic acids is 1. The minimum atomic E-state index is -0.252. The smallest absolute Gasteiger partial charge is 0.409 e. The summed E-state index contributed by atoms with van der Waals surface area (Å²) in [6.07, 6.45) is -0.252. The molecule has 0 saturated carbocycles. The zero-order valence-electron chi connectivity index (χ0n) is 9.26. The highest BCUT2D eigenvalue weighted by Gasteiger charge is 2.36. The van der Waals surface area contributed by atoms with Crippen LogP contribution in [-0.4, -0.2) is 37.7 Å². The van der Waals surface area contributed by atoms with E-state index in [0.29, 0.717) is 24.9 Å². The maximum absolute atomic E-state index is 11.5. The van der Waals surface area contributed by atoms with Crippen LogP contribution in [0.4, 0.5) is 4.79 Å². The SMILES string of the molecule is COC(=O)N1CC(CN)C(c2cccs2)C1. The molecule has 1 aromatic rings. The first-order chi connectivity index (χ1) is 7.76. The predicted octanol–water partition coefficient (Wildman–Crippen LogP) is 1.49. The molecule has 0 radical (unpaired) electrons. The fraction of sp³-hybridized carbons (Fsp3) is 0.545. The van der Waals surface area contributed by atoms with Gasteiger partial charge < -0.3 is 15.4 Å². The average Bonchev–Trinajstić information content (AvgIpc) is 2.95. The number of hydrogen-bond donors (Lipinski definition) is 1. The zero-order valence-corrected chi connectivity index (χ0v) is 10.1. The highest BCUT2D eigenvalue weighted by Crippen LogP contribution is 2.34. The molecule has 0 aliphatic carbocycles. The number of nitrogens with zero attached hydrogens (tertiary/aromatic N) is 1. The third kappa shape index (κ3) is 2.05. The molecule has 2 atom stereocenters. The Balaban J connectivity index is 2.11. The van der Waals surface area contributed by atoms with E-state index in [4.69, 9.17) is 10.5 Å². The molecule has 1 saturated heterocycles. The summed E-state index contributed by atoms with van der Waals surface area (Å²) in [4.78, 5) is 14.5. The molecule has 5 heteroatoms. The van der Waals surface area contributed by atoms with E-state index in [1.54, 1.807) is 16.2 Å². The van der Waals surface area contributed by atoms with Crippen molar-refractivity contribution in [2.45, 2.75) is 5.92 Å². The largest absolute Gasteiger partial charge is 0.453 e. The first-order valence-corrected chi connectivity index (χ1v) is 6.20. The molecule has 2 heterocycles. The molecule has 0 spiro atoms. The van der Waals surface area contributed by atoms with Crippen molar-refractivity contribution in [2.75, 3.05) is 26.7 Å². The van der Waals surface area contributed by atoms with E-state index in [1.807, 2.05) is 6.07 Å². The first-order valence-electron chi connectivity index (χ1n) is 5.32. The van der Waals surface area contributed by atoms with E-state index in [2.05, 4.69) is 11.4 Å². The molecule has 2 unspecified atom stereocenters. The highest BCUT2D eigenvalue weighted by molar-refractivity contribution is 7.10. The Kier molecular flexibility index (Phi) is 3.46. The Labute approximate surface area is 99.0 Å². The van der Waals surface area contributed by atoms with E-state index in [-0.39, 0.29) is 6.09 Å². The zero-order chi connectivity index (χ0) is 11.5. The van der Waals surface area contributed by atoms with Crippen LogP contribution in [0.5, 0.6) is 0 Å². The lowest BCUT2D eigenvalue weighted by molar-refractivity contribution is 0.131. The Hall–Kier alpha value is -1.07. The maximum Gasteiger partial charge on any atom is 0.409 e. The molecule has 1 fully saturated rings. The van der Waals surface area contributed by atoms with Crippen LogP contribution in [0.2, 0.25) is 0 Å². The summed E-state index contributed by atoms with van der Waals surface area (Å²) >= 11 is 1.73. The molecular weight excluding hydrogens is 224 g/mol. The third-order valence-corrected chi connectivity index (χ3v) is 4.09. The molecule has 4 nitrogen and oxygen atoms in total. The number of carbonyl (C=O) groups is 1. The molecule has 1 aromatic heterocycles. The van der Waals surface area contributed by atoms with Crippen LogP contribution < -0.4 is 5.73 Å². The van der Waals surface area contributed by atoms with Crippen molar-refractivity contribution in [1.82, 2.24) is 4.90 Å². The van der Waals surface area contributed by atoms with Gasteiger partial charge in [0.25, 0.3) is 0 Å². The van der Waals surface area contributed by atoms with Gasteiger partial charge in [0.2, 0.25) is 0 Å². The van der Waals surface area contributed by atoms with Gasteiger partial charge in [-0.1, -0.05) is 6.07 Å². The summed E-state index contributed by atoms with van der Waals surface area (Å²) < 4.78 is 4.74. The van der Waals surface area contributed by atoms with Crippen LogP contribution >= 0.6 is 11.3 Å². The van der Waals surface area contributed by atoms with Gasteiger partial charge in [0.05, 0.1) is 7.11 Å². The minimum Gasteiger partial charge on any atom is -0.453 e. The molecule has 0 bridgehead atoms. The number of ether oxygens (including phenoxy) is 1. The van der Waals surface area contributed by atoms with Gasteiger partial charge in [-0.05, 0) is 23.9 Å². The van der Waals surface area contributed by atoms with Crippen LogP contribution in [0.15, 0.2) is 17.5 Å². The topological polar surface area (TPSA) is 55.6 Å². The van der Waals surface area contributed by atoms with Crippen molar-refractivity contribution >= 4 is 17.4 Å². The summed E-state index contributed by atoms with van der Waals surface area (Å²) in [5.74, 6) is 0.710. The summed E-state index contributed by atoms with van der Waals surface area (Å²) in [6, 6.07) is 4.15. The Bertz CT molecular complexity index is 353. The number of nitrogens with two attached hydrogens (primary N) is 1. The van der Waals surface area contributed by atoms with Gasteiger partial charge in [-0.25, -0.2) is 4.79 Å². The number of likely N-dealkylation sites (tertiary alicyclic amines) is 1. The molecule has 2 N–H and O–H groups in total. The third-order valence-electron chi connectivity index (χ3n) is 3.09. The number of methoxy groups -OCH3 is 1. The number of thiophene rings is 1. The predicted molar refractivity (Wildman–Crippen MR) is 63.6 cm³/mol. The van der Waals surface area contributed by atoms with Crippen molar-refractivity contribution in [3.63, 3.8) is 0 Å². The number of amides is 1. The average molecular weight is 240 g/mol. The van der Waals surface area contributed by atoms with Gasteiger partial charge in [0, 0.05) is 23.9 Å². The van der Waals surface area contributed by atoms with Gasteiger partial charge in [-0.15, -0.1) is 11.3 Å².